The maximum absolute atomic E-state index is 12.9. The predicted molar refractivity (Wildman–Crippen MR) is 108 cm³/mol. The van der Waals surface area contributed by atoms with Crippen LogP contribution in [-0.4, -0.2) is 38.7 Å². The van der Waals surface area contributed by atoms with Crippen LogP contribution in [0.15, 0.2) is 48.7 Å². The molecule has 0 bridgehead atoms. The van der Waals surface area contributed by atoms with E-state index < -0.39 is 39.7 Å². The Morgan fingerprint density at radius 2 is 1.65 bits per heavy atom. The molecule has 4 unspecified atom stereocenters. The lowest BCUT2D eigenvalue weighted by Crippen LogP contribution is -2.33. The van der Waals surface area contributed by atoms with Crippen LogP contribution in [-0.2, 0) is 16.1 Å². The number of anilines is 2. The van der Waals surface area contributed by atoms with Crippen molar-refractivity contribution < 1.29 is 19.4 Å². The second-order valence-corrected chi connectivity index (χ2v) is 7.67. The average Bonchev–Trinajstić information content (AvgIpc) is 3.65. The van der Waals surface area contributed by atoms with E-state index in [4.69, 9.17) is 0 Å². The highest BCUT2D eigenvalue weighted by atomic mass is 16.6. The van der Waals surface area contributed by atoms with Gasteiger partial charge >= 0.3 is 0 Å². The molecule has 11 heteroatoms. The molecule has 1 aromatic carbocycles. The van der Waals surface area contributed by atoms with Crippen LogP contribution in [0.5, 0.6) is 0 Å². The van der Waals surface area contributed by atoms with Crippen LogP contribution in [0, 0.1) is 32.1 Å². The summed E-state index contributed by atoms with van der Waals surface area (Å²) in [6.07, 6.45) is 2.03. The number of carbonyl (C=O) groups is 2. The van der Waals surface area contributed by atoms with E-state index in [1.54, 1.807) is 48.7 Å². The van der Waals surface area contributed by atoms with Gasteiger partial charge in [-0.3, -0.25) is 34.8 Å². The first-order valence-electron chi connectivity index (χ1n) is 9.74. The van der Waals surface area contributed by atoms with Crippen molar-refractivity contribution in [3.8, 4) is 0 Å². The molecule has 2 aromatic rings. The molecule has 160 valence electrons. The monoisotopic (exact) mass is 425 g/mol. The third-order valence-corrected chi connectivity index (χ3v) is 5.47. The van der Waals surface area contributed by atoms with Crippen molar-refractivity contribution in [1.29, 1.82) is 0 Å². The Bertz CT molecular complexity index is 1030. The number of carbonyl (C=O) groups excluding carboxylic acids is 2. The third-order valence-electron chi connectivity index (χ3n) is 5.47. The lowest BCUT2D eigenvalue weighted by Gasteiger charge is -2.22. The smallest absolute Gasteiger partial charge is 0.237 e. The minimum absolute atomic E-state index is 0.152. The highest BCUT2D eigenvalue weighted by molar-refractivity contribution is 5.98. The SMILES string of the molecule is O=C(Nc1ccc(N(Cc2ccccn2)C(=O)C2CC2[N+](=O)[O-])cc1)C1CC1[N+](=O)[O-]. The molecule has 2 saturated carbocycles. The molecule has 0 spiro atoms. The molecular formula is C20H19N5O6. The van der Waals surface area contributed by atoms with Crippen LogP contribution in [0.25, 0.3) is 0 Å². The fourth-order valence-electron chi connectivity index (χ4n) is 3.49. The number of hydrogen-bond acceptors (Lipinski definition) is 7. The van der Waals surface area contributed by atoms with Crippen LogP contribution < -0.4 is 10.2 Å². The number of hydrogen-bond donors (Lipinski definition) is 1. The summed E-state index contributed by atoms with van der Waals surface area (Å²) in [4.78, 5) is 51.6. The minimum atomic E-state index is -0.870. The van der Waals surface area contributed by atoms with Crippen LogP contribution in [0.2, 0.25) is 0 Å². The fourth-order valence-corrected chi connectivity index (χ4v) is 3.49. The quantitative estimate of drug-likeness (QED) is 0.501. The van der Waals surface area contributed by atoms with Crippen LogP contribution in [0.1, 0.15) is 18.5 Å². The zero-order valence-electron chi connectivity index (χ0n) is 16.3. The summed E-state index contributed by atoms with van der Waals surface area (Å²) < 4.78 is 0. The highest BCUT2D eigenvalue weighted by Gasteiger charge is 2.55. The van der Waals surface area contributed by atoms with Crippen molar-refractivity contribution in [2.75, 3.05) is 10.2 Å². The molecule has 1 N–H and O–H groups in total. The molecule has 11 nitrogen and oxygen atoms in total. The van der Waals surface area contributed by atoms with Gasteiger partial charge in [-0.05, 0) is 36.4 Å². The van der Waals surface area contributed by atoms with Gasteiger partial charge in [0.05, 0.1) is 12.2 Å². The van der Waals surface area contributed by atoms with E-state index in [2.05, 4.69) is 10.3 Å². The number of aromatic nitrogens is 1. The van der Waals surface area contributed by atoms with E-state index in [1.807, 2.05) is 0 Å². The molecule has 1 aromatic heterocycles. The molecule has 4 atom stereocenters. The van der Waals surface area contributed by atoms with Gasteiger partial charge in [0.1, 0.15) is 11.8 Å². The highest BCUT2D eigenvalue weighted by Crippen LogP contribution is 2.37. The Morgan fingerprint density at radius 3 is 2.19 bits per heavy atom. The van der Waals surface area contributed by atoms with Crippen molar-refractivity contribution in [3.05, 3.63) is 74.6 Å². The molecule has 2 fully saturated rings. The topological polar surface area (TPSA) is 149 Å². The van der Waals surface area contributed by atoms with Crippen LogP contribution in [0.4, 0.5) is 11.4 Å². The number of nitrogens with one attached hydrogen (secondary N) is 1. The molecule has 2 aliphatic rings. The molecule has 0 aliphatic heterocycles. The summed E-state index contributed by atoms with van der Waals surface area (Å²) in [5.74, 6) is -2.07. The second-order valence-electron chi connectivity index (χ2n) is 7.67. The van der Waals surface area contributed by atoms with Crippen molar-refractivity contribution in [3.63, 3.8) is 0 Å². The van der Waals surface area contributed by atoms with Crippen LogP contribution in [0.3, 0.4) is 0 Å². The minimum Gasteiger partial charge on any atom is -0.326 e. The average molecular weight is 425 g/mol. The zero-order valence-corrected chi connectivity index (χ0v) is 16.3. The van der Waals surface area contributed by atoms with Gasteiger partial charge in [-0.25, -0.2) is 0 Å². The molecular weight excluding hydrogens is 406 g/mol. The Labute approximate surface area is 176 Å². The van der Waals surface area contributed by atoms with Crippen LogP contribution >= 0.6 is 0 Å². The zero-order chi connectivity index (χ0) is 22.1. The van der Waals surface area contributed by atoms with E-state index in [-0.39, 0.29) is 25.3 Å². The Morgan fingerprint density at radius 1 is 1.00 bits per heavy atom. The summed E-state index contributed by atoms with van der Waals surface area (Å²) in [7, 11) is 0. The Hall–Kier alpha value is -3.89. The largest absolute Gasteiger partial charge is 0.326 e. The molecule has 0 radical (unpaired) electrons. The van der Waals surface area contributed by atoms with Gasteiger partial charge in [0.25, 0.3) is 0 Å². The number of amides is 2. The molecule has 1 heterocycles. The summed E-state index contributed by atoms with van der Waals surface area (Å²) in [6, 6.07) is 10.0. The molecule has 31 heavy (non-hydrogen) atoms. The maximum atomic E-state index is 12.9. The van der Waals surface area contributed by atoms with E-state index in [0.717, 1.165) is 0 Å². The van der Waals surface area contributed by atoms with Crippen molar-refractivity contribution in [2.24, 2.45) is 11.8 Å². The van der Waals surface area contributed by atoms with Gasteiger partial charge in [0.15, 0.2) is 0 Å². The van der Waals surface area contributed by atoms with Crippen molar-refractivity contribution in [2.45, 2.75) is 31.5 Å². The van der Waals surface area contributed by atoms with E-state index in [1.165, 1.54) is 4.90 Å². The van der Waals surface area contributed by atoms with E-state index in [0.29, 0.717) is 17.1 Å². The Balaban J connectivity index is 1.48. The normalized spacial score (nSPS) is 23.5. The number of benzene rings is 1. The first-order valence-corrected chi connectivity index (χ1v) is 9.74. The molecule has 2 aliphatic carbocycles. The van der Waals surface area contributed by atoms with Gasteiger partial charge in [0, 0.05) is 40.3 Å². The molecule has 0 saturated heterocycles. The van der Waals surface area contributed by atoms with Gasteiger partial charge in [0.2, 0.25) is 23.9 Å². The number of pyridine rings is 1. The number of rotatable bonds is 8. The van der Waals surface area contributed by atoms with Gasteiger partial charge in [-0.1, -0.05) is 6.07 Å². The number of nitro groups is 2. The lowest BCUT2D eigenvalue weighted by molar-refractivity contribution is -0.497. The summed E-state index contributed by atoms with van der Waals surface area (Å²) in [5, 5.41) is 24.4. The second kappa shape index (κ2) is 8.09. The summed E-state index contributed by atoms with van der Waals surface area (Å²) >= 11 is 0. The fraction of sp³-hybridized carbons (Fsp3) is 0.350. The first-order chi connectivity index (χ1) is 14.8. The van der Waals surface area contributed by atoms with E-state index >= 15 is 0 Å². The van der Waals surface area contributed by atoms with E-state index in [9.17, 15) is 29.8 Å². The molecule has 4 rings (SSSR count). The maximum Gasteiger partial charge on any atom is 0.237 e. The van der Waals surface area contributed by atoms with Gasteiger partial charge in [-0.2, -0.15) is 0 Å². The third kappa shape index (κ3) is 4.49. The predicted octanol–water partition coefficient (Wildman–Crippen LogP) is 1.88. The first kappa shape index (κ1) is 20.4. The molecule has 2 amide bonds. The lowest BCUT2D eigenvalue weighted by atomic mass is 10.2. The van der Waals surface area contributed by atoms with Crippen molar-refractivity contribution >= 4 is 23.2 Å². The van der Waals surface area contributed by atoms with Gasteiger partial charge < -0.3 is 10.2 Å². The number of nitrogens with zero attached hydrogens (tertiary/aromatic N) is 4. The van der Waals surface area contributed by atoms with Crippen molar-refractivity contribution in [1.82, 2.24) is 4.98 Å². The summed E-state index contributed by atoms with van der Waals surface area (Å²) in [6.45, 7) is 0.152. The van der Waals surface area contributed by atoms with Gasteiger partial charge in [-0.15, -0.1) is 0 Å². The Kier molecular flexibility index (Phi) is 5.32. The summed E-state index contributed by atoms with van der Waals surface area (Å²) in [5.41, 5.74) is 1.59. The standard InChI is InChI=1S/C20H19N5O6/c26-19(15-9-17(15)24(28)29)22-12-4-6-14(7-5-12)23(11-13-3-1-2-8-21-13)20(27)16-10-18(16)25(30)31/h1-8,15-18H,9-11H2,(H,22,26).